The van der Waals surface area contributed by atoms with Crippen LogP contribution in [0.1, 0.15) is 5.56 Å². The number of hydrogen-bond donors (Lipinski definition) is 0. The average Bonchev–Trinajstić information content (AvgIpc) is 2.65. The first-order valence-electron chi connectivity index (χ1n) is 4.25. The number of ether oxygens (including phenoxy) is 1. The van der Waals surface area contributed by atoms with Gasteiger partial charge in [0.15, 0.2) is 0 Å². The van der Waals surface area contributed by atoms with Gasteiger partial charge in [-0.25, -0.2) is 0 Å². The predicted molar refractivity (Wildman–Crippen MR) is 56.4 cm³/mol. The van der Waals surface area contributed by atoms with Gasteiger partial charge in [0.25, 0.3) is 0 Å². The molecule has 2 heteroatoms. The van der Waals surface area contributed by atoms with Gasteiger partial charge >= 0.3 is 0 Å². The number of benzene rings is 1. The smallest absolute Gasteiger partial charge is 0.135 e. The van der Waals surface area contributed by atoms with Gasteiger partial charge in [-0.15, -0.1) is 11.3 Å². The van der Waals surface area contributed by atoms with E-state index in [9.17, 15) is 0 Å². The third-order valence-electron chi connectivity index (χ3n) is 2.24. The largest absolute Gasteiger partial charge is 0.488 e. The van der Waals surface area contributed by atoms with Gasteiger partial charge in [-0.1, -0.05) is 6.08 Å². The van der Waals surface area contributed by atoms with Crippen molar-refractivity contribution >= 4 is 27.5 Å². The Balaban J connectivity index is 2.42. The van der Waals surface area contributed by atoms with Crippen LogP contribution in [0.3, 0.4) is 0 Å². The van der Waals surface area contributed by atoms with Crippen molar-refractivity contribution in [2.75, 3.05) is 6.61 Å². The van der Waals surface area contributed by atoms with Crippen molar-refractivity contribution in [3.63, 3.8) is 0 Å². The zero-order valence-corrected chi connectivity index (χ0v) is 7.80. The molecule has 0 saturated heterocycles. The van der Waals surface area contributed by atoms with Crippen molar-refractivity contribution < 1.29 is 4.74 Å². The molecule has 13 heavy (non-hydrogen) atoms. The highest BCUT2D eigenvalue weighted by Crippen LogP contribution is 2.35. The summed E-state index contributed by atoms with van der Waals surface area (Å²) >= 11 is 1.76. The normalized spacial score (nSPS) is 14.2. The molecule has 1 aromatic heterocycles. The van der Waals surface area contributed by atoms with E-state index in [4.69, 9.17) is 4.74 Å². The van der Waals surface area contributed by atoms with Crippen LogP contribution in [0, 0.1) is 0 Å². The van der Waals surface area contributed by atoms with E-state index in [1.807, 2.05) is 6.08 Å². The van der Waals surface area contributed by atoms with Crippen molar-refractivity contribution in [2.45, 2.75) is 0 Å². The minimum Gasteiger partial charge on any atom is -0.488 e. The molecule has 1 aromatic carbocycles. The van der Waals surface area contributed by atoms with Gasteiger partial charge in [-0.3, -0.25) is 0 Å². The number of fused-ring (bicyclic) bond motifs is 3. The van der Waals surface area contributed by atoms with Crippen molar-refractivity contribution in [3.8, 4) is 5.75 Å². The molecule has 2 heterocycles. The highest BCUT2D eigenvalue weighted by Gasteiger charge is 2.09. The quantitative estimate of drug-likeness (QED) is 0.616. The molecule has 0 atom stereocenters. The van der Waals surface area contributed by atoms with Crippen molar-refractivity contribution in [2.24, 2.45) is 0 Å². The lowest BCUT2D eigenvalue weighted by molar-refractivity contribution is 0.363. The van der Waals surface area contributed by atoms with E-state index in [0.29, 0.717) is 6.61 Å². The van der Waals surface area contributed by atoms with E-state index in [2.05, 4.69) is 29.7 Å². The SMILES string of the molecule is C1=Cc2ccc3sccc3c2OC1. The first-order valence-corrected chi connectivity index (χ1v) is 5.13. The lowest BCUT2D eigenvalue weighted by Crippen LogP contribution is -1.99. The fourth-order valence-corrected chi connectivity index (χ4v) is 2.42. The zero-order chi connectivity index (χ0) is 8.67. The van der Waals surface area contributed by atoms with E-state index < -0.39 is 0 Å². The summed E-state index contributed by atoms with van der Waals surface area (Å²) in [4.78, 5) is 0. The predicted octanol–water partition coefficient (Wildman–Crippen LogP) is 3.31. The van der Waals surface area contributed by atoms with Gasteiger partial charge in [-0.05, 0) is 29.7 Å². The van der Waals surface area contributed by atoms with Crippen LogP contribution in [0.4, 0.5) is 0 Å². The Morgan fingerprint density at radius 2 is 2.23 bits per heavy atom. The second kappa shape index (κ2) is 2.60. The van der Waals surface area contributed by atoms with Gasteiger partial charge < -0.3 is 4.74 Å². The van der Waals surface area contributed by atoms with Crippen LogP contribution in [0.25, 0.3) is 16.2 Å². The average molecular weight is 188 g/mol. The third kappa shape index (κ3) is 0.988. The monoisotopic (exact) mass is 188 g/mol. The molecule has 0 bridgehead atoms. The molecule has 0 unspecified atom stereocenters. The molecular formula is C11H8OS. The first-order chi connectivity index (χ1) is 6.45. The van der Waals surface area contributed by atoms with Crippen molar-refractivity contribution in [3.05, 3.63) is 35.2 Å². The van der Waals surface area contributed by atoms with Gasteiger partial charge in [-0.2, -0.15) is 0 Å². The van der Waals surface area contributed by atoms with Crippen LogP contribution < -0.4 is 4.74 Å². The molecule has 64 valence electrons. The van der Waals surface area contributed by atoms with Crippen molar-refractivity contribution in [1.82, 2.24) is 0 Å². The summed E-state index contributed by atoms with van der Waals surface area (Å²) in [5.41, 5.74) is 1.19. The Morgan fingerprint density at radius 3 is 3.23 bits per heavy atom. The second-order valence-corrected chi connectivity index (χ2v) is 3.98. The molecule has 1 nitrogen and oxygen atoms in total. The van der Waals surface area contributed by atoms with E-state index >= 15 is 0 Å². The molecule has 0 saturated carbocycles. The minimum absolute atomic E-state index is 0.696. The van der Waals surface area contributed by atoms with Gasteiger partial charge in [0, 0.05) is 15.6 Å². The van der Waals surface area contributed by atoms with E-state index in [1.165, 1.54) is 15.6 Å². The standard InChI is InChI=1S/C11H8OS/c1-2-8-3-4-10-9(5-7-13-10)11(8)12-6-1/h1-5,7H,6H2. The molecule has 0 N–H and O–H groups in total. The summed E-state index contributed by atoms with van der Waals surface area (Å²) < 4.78 is 6.91. The fraction of sp³-hybridized carbons (Fsp3) is 0.0909. The van der Waals surface area contributed by atoms with Gasteiger partial charge in [0.1, 0.15) is 12.4 Å². The molecule has 0 fully saturated rings. The number of thiophene rings is 1. The summed E-state index contributed by atoms with van der Waals surface area (Å²) in [6, 6.07) is 6.39. The van der Waals surface area contributed by atoms with Crippen LogP contribution in [-0.2, 0) is 0 Å². The molecule has 0 radical (unpaired) electrons. The zero-order valence-electron chi connectivity index (χ0n) is 6.99. The topological polar surface area (TPSA) is 9.23 Å². The Hall–Kier alpha value is -1.28. The van der Waals surface area contributed by atoms with E-state index in [1.54, 1.807) is 11.3 Å². The molecule has 0 amide bonds. The van der Waals surface area contributed by atoms with Crippen LogP contribution >= 0.6 is 11.3 Å². The van der Waals surface area contributed by atoms with Crippen molar-refractivity contribution in [1.29, 1.82) is 0 Å². The minimum atomic E-state index is 0.696. The maximum absolute atomic E-state index is 5.61. The Bertz CT molecular complexity index is 482. The summed E-state index contributed by atoms with van der Waals surface area (Å²) in [6.07, 6.45) is 4.16. The van der Waals surface area contributed by atoms with Crippen LogP contribution in [-0.4, -0.2) is 6.61 Å². The number of rotatable bonds is 0. The second-order valence-electron chi connectivity index (χ2n) is 3.03. The Kier molecular flexibility index (Phi) is 1.43. The van der Waals surface area contributed by atoms with E-state index in [0.717, 1.165) is 5.75 Å². The third-order valence-corrected chi connectivity index (χ3v) is 3.12. The summed E-state index contributed by atoms with van der Waals surface area (Å²) in [5.74, 6) is 1.04. The number of hydrogen-bond acceptors (Lipinski definition) is 2. The highest BCUT2D eigenvalue weighted by molar-refractivity contribution is 7.17. The van der Waals surface area contributed by atoms with Gasteiger partial charge in [0.05, 0.1) is 0 Å². The summed E-state index contributed by atoms with van der Waals surface area (Å²) in [5, 5.41) is 3.35. The van der Waals surface area contributed by atoms with Crippen LogP contribution in [0.5, 0.6) is 5.75 Å². The maximum atomic E-state index is 5.61. The Morgan fingerprint density at radius 1 is 1.23 bits per heavy atom. The lowest BCUT2D eigenvalue weighted by Gasteiger charge is -2.12. The molecule has 0 spiro atoms. The molecule has 1 aliphatic rings. The molecule has 0 aliphatic carbocycles. The lowest BCUT2D eigenvalue weighted by atomic mass is 10.1. The fourth-order valence-electron chi connectivity index (χ4n) is 1.63. The Labute approximate surface area is 80.3 Å². The summed E-state index contributed by atoms with van der Waals surface area (Å²) in [7, 11) is 0. The van der Waals surface area contributed by atoms with Crippen LogP contribution in [0.15, 0.2) is 29.7 Å². The van der Waals surface area contributed by atoms with Crippen LogP contribution in [0.2, 0.25) is 0 Å². The first kappa shape index (κ1) is 7.15. The molecule has 3 rings (SSSR count). The highest BCUT2D eigenvalue weighted by atomic mass is 32.1. The van der Waals surface area contributed by atoms with E-state index in [-0.39, 0.29) is 0 Å². The molecular weight excluding hydrogens is 180 g/mol. The summed E-state index contributed by atoms with van der Waals surface area (Å²) in [6.45, 7) is 0.696. The van der Waals surface area contributed by atoms with Gasteiger partial charge in [0.2, 0.25) is 0 Å². The molecule has 1 aliphatic heterocycles. The molecule has 2 aromatic rings. The maximum Gasteiger partial charge on any atom is 0.135 e.